The van der Waals surface area contributed by atoms with Crippen LogP contribution in [0.25, 0.3) is 10.9 Å². The fourth-order valence-electron chi connectivity index (χ4n) is 3.68. The minimum absolute atomic E-state index is 0.234. The van der Waals surface area contributed by atoms with E-state index in [0.717, 1.165) is 61.8 Å². The number of aldehydes is 1. The van der Waals surface area contributed by atoms with E-state index in [0.29, 0.717) is 25.5 Å². The average molecular weight is 371 g/mol. The molecule has 0 spiro atoms. The van der Waals surface area contributed by atoms with Gasteiger partial charge in [-0.2, -0.15) is 0 Å². The van der Waals surface area contributed by atoms with Gasteiger partial charge in [0, 0.05) is 31.3 Å². The van der Waals surface area contributed by atoms with E-state index in [1.165, 1.54) is 0 Å². The number of aromatic nitrogens is 2. The van der Waals surface area contributed by atoms with Gasteiger partial charge in [0.2, 0.25) is 0 Å². The Labute approximate surface area is 158 Å². The predicted molar refractivity (Wildman–Crippen MR) is 101 cm³/mol. The van der Waals surface area contributed by atoms with Gasteiger partial charge in [-0.3, -0.25) is 9.78 Å². The van der Waals surface area contributed by atoms with Gasteiger partial charge in [0.1, 0.15) is 5.69 Å². The Morgan fingerprint density at radius 2 is 1.93 bits per heavy atom. The van der Waals surface area contributed by atoms with Gasteiger partial charge in [0.05, 0.1) is 49.4 Å². The van der Waals surface area contributed by atoms with Crippen LogP contribution in [0.5, 0.6) is 0 Å². The first-order valence-corrected chi connectivity index (χ1v) is 9.59. The van der Waals surface area contributed by atoms with Crippen LogP contribution in [0.2, 0.25) is 0 Å². The van der Waals surface area contributed by atoms with Crippen LogP contribution in [0.15, 0.2) is 24.5 Å². The molecule has 144 valence electrons. The predicted octanol–water partition coefficient (Wildman–Crippen LogP) is 2.23. The molecule has 0 amide bonds. The Morgan fingerprint density at radius 1 is 1.11 bits per heavy atom. The molecule has 4 heterocycles. The molecule has 0 aromatic carbocycles. The van der Waals surface area contributed by atoms with Crippen LogP contribution in [0, 0.1) is 0 Å². The Kier molecular flexibility index (Phi) is 5.91. The second-order valence-electron chi connectivity index (χ2n) is 7.00. The third-order valence-electron chi connectivity index (χ3n) is 5.18. The summed E-state index contributed by atoms with van der Waals surface area (Å²) in [4.78, 5) is 22.2. The second-order valence-corrected chi connectivity index (χ2v) is 7.00. The molecule has 4 rings (SSSR count). The normalized spacial score (nSPS) is 21.0. The molecule has 0 radical (unpaired) electrons. The summed E-state index contributed by atoms with van der Waals surface area (Å²) in [5.74, 6) is 0. The van der Waals surface area contributed by atoms with Crippen molar-refractivity contribution < 1.29 is 19.0 Å². The van der Waals surface area contributed by atoms with Gasteiger partial charge < -0.3 is 19.1 Å². The highest BCUT2D eigenvalue weighted by molar-refractivity contribution is 5.92. The third kappa shape index (κ3) is 4.43. The molecule has 0 bridgehead atoms. The lowest BCUT2D eigenvalue weighted by atomic mass is 10.1. The molecule has 0 unspecified atom stereocenters. The maximum Gasteiger partial charge on any atom is 0.168 e. The average Bonchev–Trinajstić information content (AvgIpc) is 3.24. The number of ether oxygens (including phenoxy) is 3. The summed E-state index contributed by atoms with van der Waals surface area (Å²) in [6.45, 7) is 4.53. The number of nitrogens with zero attached hydrogens (tertiary/aromatic N) is 3. The minimum Gasteiger partial charge on any atom is -0.379 e. The summed E-state index contributed by atoms with van der Waals surface area (Å²) in [5.41, 5.74) is 2.26. The second kappa shape index (κ2) is 8.73. The standard InChI is InChI=1S/C20H25N3O4/c24-13-16-2-1-15-11-21-12-19(20(15)22-16)23-6-3-17(4-7-23)26-9-10-27-18-5-8-25-14-18/h1-2,11-13,17-18H,3-10,14H2/t18-/m1/s1. The minimum atomic E-state index is 0.234. The third-order valence-corrected chi connectivity index (χ3v) is 5.18. The van der Waals surface area contributed by atoms with Crippen LogP contribution in [0.1, 0.15) is 29.8 Å². The van der Waals surface area contributed by atoms with E-state index in [4.69, 9.17) is 14.2 Å². The van der Waals surface area contributed by atoms with Crippen LogP contribution in [0.3, 0.4) is 0 Å². The molecule has 2 aromatic heterocycles. The number of anilines is 1. The molecule has 2 aliphatic heterocycles. The lowest BCUT2D eigenvalue weighted by Gasteiger charge is -2.33. The van der Waals surface area contributed by atoms with Gasteiger partial charge in [0.15, 0.2) is 6.29 Å². The van der Waals surface area contributed by atoms with Crippen molar-refractivity contribution >= 4 is 22.9 Å². The van der Waals surface area contributed by atoms with Crippen molar-refractivity contribution in [2.24, 2.45) is 0 Å². The van der Waals surface area contributed by atoms with Crippen LogP contribution in [0.4, 0.5) is 5.69 Å². The Balaban J connectivity index is 1.30. The molecular formula is C20H25N3O4. The molecule has 0 N–H and O–H groups in total. The van der Waals surface area contributed by atoms with Gasteiger partial charge in [-0.25, -0.2) is 4.98 Å². The molecule has 27 heavy (non-hydrogen) atoms. The number of hydrogen-bond donors (Lipinski definition) is 0. The monoisotopic (exact) mass is 371 g/mol. The van der Waals surface area contributed by atoms with E-state index < -0.39 is 0 Å². The summed E-state index contributed by atoms with van der Waals surface area (Å²) in [6.07, 6.45) is 7.78. The lowest BCUT2D eigenvalue weighted by Crippen LogP contribution is -2.37. The molecule has 2 fully saturated rings. The Hall–Kier alpha value is -2.09. The SMILES string of the molecule is O=Cc1ccc2cncc(N3CCC(OCCO[C@@H]4CCOC4)CC3)c2n1. The lowest BCUT2D eigenvalue weighted by molar-refractivity contribution is -0.0294. The molecule has 7 nitrogen and oxygen atoms in total. The van der Waals surface area contributed by atoms with Crippen LogP contribution < -0.4 is 4.90 Å². The molecular weight excluding hydrogens is 346 g/mol. The van der Waals surface area contributed by atoms with Crippen molar-refractivity contribution in [2.45, 2.75) is 31.5 Å². The summed E-state index contributed by atoms with van der Waals surface area (Å²) in [7, 11) is 0. The van der Waals surface area contributed by atoms with Crippen molar-refractivity contribution in [2.75, 3.05) is 44.4 Å². The largest absolute Gasteiger partial charge is 0.379 e. The molecule has 1 atom stereocenters. The smallest absolute Gasteiger partial charge is 0.168 e. The highest BCUT2D eigenvalue weighted by Gasteiger charge is 2.22. The first kappa shape index (κ1) is 18.3. The molecule has 7 heteroatoms. The number of pyridine rings is 2. The topological polar surface area (TPSA) is 73.8 Å². The summed E-state index contributed by atoms with van der Waals surface area (Å²) >= 11 is 0. The Morgan fingerprint density at radius 3 is 2.67 bits per heavy atom. The van der Waals surface area contributed by atoms with E-state index in [1.807, 2.05) is 12.3 Å². The number of carbonyl (C=O) groups excluding carboxylic acids is 1. The number of carbonyl (C=O) groups is 1. The molecule has 0 saturated carbocycles. The summed E-state index contributed by atoms with van der Waals surface area (Å²) < 4.78 is 17.0. The molecule has 2 saturated heterocycles. The van der Waals surface area contributed by atoms with E-state index in [2.05, 4.69) is 14.9 Å². The van der Waals surface area contributed by atoms with E-state index in [1.54, 1.807) is 12.3 Å². The zero-order chi connectivity index (χ0) is 18.5. The van der Waals surface area contributed by atoms with Crippen molar-refractivity contribution in [3.05, 3.63) is 30.2 Å². The van der Waals surface area contributed by atoms with Crippen LogP contribution in [-0.4, -0.2) is 68.0 Å². The van der Waals surface area contributed by atoms with E-state index >= 15 is 0 Å². The van der Waals surface area contributed by atoms with Crippen molar-refractivity contribution in [3.8, 4) is 0 Å². The zero-order valence-corrected chi connectivity index (χ0v) is 15.4. The zero-order valence-electron chi connectivity index (χ0n) is 15.4. The Bertz CT molecular complexity index is 771. The van der Waals surface area contributed by atoms with Crippen LogP contribution in [-0.2, 0) is 14.2 Å². The first-order valence-electron chi connectivity index (χ1n) is 9.59. The molecule has 2 aliphatic rings. The molecule has 0 aliphatic carbocycles. The van der Waals surface area contributed by atoms with Gasteiger partial charge in [-0.1, -0.05) is 0 Å². The summed E-state index contributed by atoms with van der Waals surface area (Å²) in [6, 6.07) is 3.62. The first-order chi connectivity index (χ1) is 13.3. The number of hydrogen-bond acceptors (Lipinski definition) is 7. The van der Waals surface area contributed by atoms with Crippen molar-refractivity contribution in [3.63, 3.8) is 0 Å². The fourth-order valence-corrected chi connectivity index (χ4v) is 3.68. The number of rotatable bonds is 7. The highest BCUT2D eigenvalue weighted by atomic mass is 16.6. The van der Waals surface area contributed by atoms with Crippen molar-refractivity contribution in [1.82, 2.24) is 9.97 Å². The number of fused-ring (bicyclic) bond motifs is 1. The van der Waals surface area contributed by atoms with Crippen molar-refractivity contribution in [1.29, 1.82) is 0 Å². The highest BCUT2D eigenvalue weighted by Crippen LogP contribution is 2.27. The maximum atomic E-state index is 11.1. The van der Waals surface area contributed by atoms with Gasteiger partial charge in [-0.15, -0.1) is 0 Å². The van der Waals surface area contributed by atoms with Gasteiger partial charge in [-0.05, 0) is 31.4 Å². The summed E-state index contributed by atoms with van der Waals surface area (Å²) in [5, 5.41) is 0.949. The van der Waals surface area contributed by atoms with E-state index in [9.17, 15) is 4.79 Å². The quantitative estimate of drug-likeness (QED) is 0.546. The van der Waals surface area contributed by atoms with Crippen LogP contribution >= 0.6 is 0 Å². The maximum absolute atomic E-state index is 11.1. The van der Waals surface area contributed by atoms with Gasteiger partial charge >= 0.3 is 0 Å². The fraction of sp³-hybridized carbons (Fsp3) is 0.550. The molecule has 2 aromatic rings. The van der Waals surface area contributed by atoms with E-state index in [-0.39, 0.29) is 12.2 Å². The van der Waals surface area contributed by atoms with Gasteiger partial charge in [0.25, 0.3) is 0 Å². The number of piperidine rings is 1.